The standard InChI is InChI=1S/C16H15ClN2S/c1-11-3-5-12(6-4-11)10-20-13-7-8-15-14(9-13)18-16(17)19(15)2/h3-9H,10H2,1-2H3. The number of hydrogen-bond acceptors (Lipinski definition) is 2. The van der Waals surface area contributed by atoms with Crippen LogP contribution >= 0.6 is 23.4 Å². The Balaban J connectivity index is 1.79. The summed E-state index contributed by atoms with van der Waals surface area (Å²) < 4.78 is 1.89. The van der Waals surface area contributed by atoms with Crippen molar-refractivity contribution in [1.82, 2.24) is 9.55 Å². The first kappa shape index (κ1) is 13.5. The van der Waals surface area contributed by atoms with Gasteiger partial charge in [-0.25, -0.2) is 4.98 Å². The Labute approximate surface area is 127 Å². The molecule has 0 bridgehead atoms. The summed E-state index contributed by atoms with van der Waals surface area (Å²) in [5.74, 6) is 0.965. The SMILES string of the molecule is Cc1ccc(CSc2ccc3c(c2)nc(Cl)n3C)cc1. The van der Waals surface area contributed by atoms with E-state index in [1.807, 2.05) is 23.4 Å². The highest BCUT2D eigenvalue weighted by Gasteiger charge is 2.06. The number of nitrogens with zero attached hydrogens (tertiary/aromatic N) is 2. The molecule has 0 radical (unpaired) electrons. The Morgan fingerprint density at radius 2 is 1.90 bits per heavy atom. The second-order valence-corrected chi connectivity index (χ2v) is 6.25. The maximum atomic E-state index is 6.04. The van der Waals surface area contributed by atoms with Gasteiger partial charge >= 0.3 is 0 Å². The second-order valence-electron chi connectivity index (χ2n) is 4.86. The van der Waals surface area contributed by atoms with Crippen molar-refractivity contribution in [3.8, 4) is 0 Å². The first-order valence-corrected chi connectivity index (χ1v) is 7.80. The van der Waals surface area contributed by atoms with Crippen LogP contribution in [-0.4, -0.2) is 9.55 Å². The van der Waals surface area contributed by atoms with Crippen molar-refractivity contribution in [2.75, 3.05) is 0 Å². The van der Waals surface area contributed by atoms with Crippen molar-refractivity contribution in [3.05, 3.63) is 58.9 Å². The van der Waals surface area contributed by atoms with Gasteiger partial charge in [-0.2, -0.15) is 0 Å². The van der Waals surface area contributed by atoms with Crippen LogP contribution in [0, 0.1) is 6.92 Å². The highest BCUT2D eigenvalue weighted by atomic mass is 35.5. The van der Waals surface area contributed by atoms with Crippen LogP contribution in [-0.2, 0) is 12.8 Å². The molecule has 0 amide bonds. The van der Waals surface area contributed by atoms with Crippen LogP contribution in [0.15, 0.2) is 47.4 Å². The molecule has 2 nitrogen and oxygen atoms in total. The summed E-state index contributed by atoms with van der Waals surface area (Å²) in [5, 5.41) is 0.528. The maximum absolute atomic E-state index is 6.04. The molecule has 1 heterocycles. The van der Waals surface area contributed by atoms with E-state index in [4.69, 9.17) is 11.6 Å². The van der Waals surface area contributed by atoms with Crippen molar-refractivity contribution in [1.29, 1.82) is 0 Å². The van der Waals surface area contributed by atoms with Crippen LogP contribution in [0.3, 0.4) is 0 Å². The predicted molar refractivity (Wildman–Crippen MR) is 86.5 cm³/mol. The zero-order valence-electron chi connectivity index (χ0n) is 11.4. The van der Waals surface area contributed by atoms with Crippen LogP contribution in [0.25, 0.3) is 11.0 Å². The molecule has 20 heavy (non-hydrogen) atoms. The van der Waals surface area contributed by atoms with E-state index in [1.165, 1.54) is 16.0 Å². The molecule has 3 rings (SSSR count). The quantitative estimate of drug-likeness (QED) is 0.645. The fourth-order valence-corrected chi connectivity index (χ4v) is 3.16. The normalized spacial score (nSPS) is 11.2. The minimum absolute atomic E-state index is 0.528. The minimum atomic E-state index is 0.528. The van der Waals surface area contributed by atoms with Crippen molar-refractivity contribution in [3.63, 3.8) is 0 Å². The van der Waals surface area contributed by atoms with Gasteiger partial charge in [0.1, 0.15) is 0 Å². The third-order valence-electron chi connectivity index (χ3n) is 3.32. The average molecular weight is 303 g/mol. The molecule has 0 aliphatic carbocycles. The Morgan fingerprint density at radius 3 is 2.65 bits per heavy atom. The Morgan fingerprint density at radius 1 is 1.15 bits per heavy atom. The summed E-state index contributed by atoms with van der Waals surface area (Å²) in [6.07, 6.45) is 0. The molecule has 0 aliphatic rings. The Hall–Kier alpha value is -1.45. The fourth-order valence-electron chi connectivity index (χ4n) is 2.09. The zero-order chi connectivity index (χ0) is 14.1. The van der Waals surface area contributed by atoms with E-state index in [1.54, 1.807) is 0 Å². The number of hydrogen-bond donors (Lipinski definition) is 0. The van der Waals surface area contributed by atoms with Crippen molar-refractivity contribution in [2.45, 2.75) is 17.6 Å². The predicted octanol–water partition coefficient (Wildman–Crippen LogP) is 4.83. The lowest BCUT2D eigenvalue weighted by Gasteiger charge is -2.03. The van der Waals surface area contributed by atoms with Crippen molar-refractivity contribution >= 4 is 34.4 Å². The molecule has 1 aromatic heterocycles. The molecule has 3 aromatic rings. The number of fused-ring (bicyclic) bond motifs is 1. The molecule has 0 spiro atoms. The van der Waals surface area contributed by atoms with E-state index in [2.05, 4.69) is 54.4 Å². The summed E-state index contributed by atoms with van der Waals surface area (Å²) in [6.45, 7) is 2.11. The molecule has 0 aliphatic heterocycles. The van der Waals surface area contributed by atoms with Gasteiger partial charge in [0.2, 0.25) is 5.28 Å². The van der Waals surface area contributed by atoms with Gasteiger partial charge < -0.3 is 4.57 Å². The number of rotatable bonds is 3. The monoisotopic (exact) mass is 302 g/mol. The van der Waals surface area contributed by atoms with E-state index >= 15 is 0 Å². The summed E-state index contributed by atoms with van der Waals surface area (Å²) in [7, 11) is 1.93. The lowest BCUT2D eigenvalue weighted by molar-refractivity contribution is 0.948. The molecule has 2 aromatic carbocycles. The van der Waals surface area contributed by atoms with Crippen LogP contribution in [0.5, 0.6) is 0 Å². The van der Waals surface area contributed by atoms with E-state index in [9.17, 15) is 0 Å². The molecule has 0 N–H and O–H groups in total. The van der Waals surface area contributed by atoms with Gasteiger partial charge in [0, 0.05) is 17.7 Å². The topological polar surface area (TPSA) is 17.8 Å². The van der Waals surface area contributed by atoms with Gasteiger partial charge in [-0.15, -0.1) is 11.8 Å². The first-order valence-electron chi connectivity index (χ1n) is 6.44. The van der Waals surface area contributed by atoms with Crippen LogP contribution in [0.2, 0.25) is 5.28 Å². The number of benzene rings is 2. The molecule has 0 fully saturated rings. The van der Waals surface area contributed by atoms with Gasteiger partial charge in [0.25, 0.3) is 0 Å². The van der Waals surface area contributed by atoms with Crippen LogP contribution < -0.4 is 0 Å². The molecule has 0 unspecified atom stereocenters. The minimum Gasteiger partial charge on any atom is -0.318 e. The number of halogens is 1. The van der Waals surface area contributed by atoms with Gasteiger partial charge in [0.15, 0.2) is 0 Å². The van der Waals surface area contributed by atoms with E-state index in [0.29, 0.717) is 5.28 Å². The molecular weight excluding hydrogens is 288 g/mol. The second kappa shape index (κ2) is 5.51. The van der Waals surface area contributed by atoms with Crippen LogP contribution in [0.1, 0.15) is 11.1 Å². The zero-order valence-corrected chi connectivity index (χ0v) is 13.0. The van der Waals surface area contributed by atoms with Gasteiger partial charge in [0.05, 0.1) is 11.0 Å². The molecule has 4 heteroatoms. The lowest BCUT2D eigenvalue weighted by atomic mass is 10.2. The summed E-state index contributed by atoms with van der Waals surface area (Å²) in [6, 6.07) is 15.0. The van der Waals surface area contributed by atoms with Crippen LogP contribution in [0.4, 0.5) is 0 Å². The van der Waals surface area contributed by atoms with E-state index in [0.717, 1.165) is 16.8 Å². The smallest absolute Gasteiger partial charge is 0.203 e. The van der Waals surface area contributed by atoms with E-state index in [-0.39, 0.29) is 0 Å². The molecule has 0 atom stereocenters. The maximum Gasteiger partial charge on any atom is 0.203 e. The van der Waals surface area contributed by atoms with Gasteiger partial charge in [-0.05, 0) is 42.3 Å². The number of imidazole rings is 1. The number of thioether (sulfide) groups is 1. The summed E-state index contributed by atoms with van der Waals surface area (Å²) in [4.78, 5) is 5.57. The lowest BCUT2D eigenvalue weighted by Crippen LogP contribution is -1.86. The highest BCUT2D eigenvalue weighted by Crippen LogP contribution is 2.27. The molecular formula is C16H15ClN2S. The number of aromatic nitrogens is 2. The van der Waals surface area contributed by atoms with Crippen molar-refractivity contribution in [2.24, 2.45) is 7.05 Å². The Kier molecular flexibility index (Phi) is 3.72. The third kappa shape index (κ3) is 2.69. The summed E-state index contributed by atoms with van der Waals surface area (Å²) in [5.41, 5.74) is 4.64. The Bertz CT molecular complexity index is 747. The number of aryl methyl sites for hydroxylation is 2. The first-order chi connectivity index (χ1) is 9.63. The van der Waals surface area contributed by atoms with E-state index < -0.39 is 0 Å². The van der Waals surface area contributed by atoms with Gasteiger partial charge in [-0.1, -0.05) is 29.8 Å². The average Bonchev–Trinajstić information content (AvgIpc) is 2.73. The van der Waals surface area contributed by atoms with Crippen molar-refractivity contribution < 1.29 is 0 Å². The largest absolute Gasteiger partial charge is 0.318 e. The van der Waals surface area contributed by atoms with Gasteiger partial charge in [-0.3, -0.25) is 0 Å². The molecule has 0 saturated heterocycles. The summed E-state index contributed by atoms with van der Waals surface area (Å²) >= 11 is 7.85. The highest BCUT2D eigenvalue weighted by molar-refractivity contribution is 7.98. The molecule has 102 valence electrons. The fraction of sp³-hybridized carbons (Fsp3) is 0.188. The molecule has 0 saturated carbocycles. The third-order valence-corrected chi connectivity index (χ3v) is 4.73.